The molecule has 0 bridgehead atoms. The van der Waals surface area contributed by atoms with Gasteiger partial charge in [-0.3, -0.25) is 9.36 Å². The highest BCUT2D eigenvalue weighted by Crippen LogP contribution is 2.18. The molecular weight excluding hydrogens is 400 g/mol. The van der Waals surface area contributed by atoms with Gasteiger partial charge in [0.05, 0.1) is 5.69 Å². The summed E-state index contributed by atoms with van der Waals surface area (Å²) in [6.45, 7) is 6.73. The highest BCUT2D eigenvalue weighted by Gasteiger charge is 2.21. The third-order valence-electron chi connectivity index (χ3n) is 5.34. The van der Waals surface area contributed by atoms with Gasteiger partial charge in [-0.15, -0.1) is 0 Å². The Morgan fingerprint density at radius 2 is 1.70 bits per heavy atom. The third-order valence-corrected chi connectivity index (χ3v) is 5.59. The summed E-state index contributed by atoms with van der Waals surface area (Å²) in [5.41, 5.74) is 2.99. The first-order valence-corrected chi connectivity index (χ1v) is 10.2. The van der Waals surface area contributed by atoms with Crippen LogP contribution in [0.15, 0.2) is 49.1 Å². The van der Waals surface area contributed by atoms with Crippen molar-refractivity contribution in [3.63, 3.8) is 0 Å². The second-order valence-electron chi connectivity index (χ2n) is 7.22. The molecule has 0 spiro atoms. The van der Waals surface area contributed by atoms with Crippen molar-refractivity contribution < 1.29 is 4.79 Å². The number of nitrogens with zero attached hydrogens (tertiary/aromatic N) is 6. The summed E-state index contributed by atoms with van der Waals surface area (Å²) in [6, 6.07) is 9.37. The van der Waals surface area contributed by atoms with Crippen molar-refractivity contribution in [3.8, 4) is 5.82 Å². The maximum absolute atomic E-state index is 12.5. The maximum Gasteiger partial charge on any atom is 0.246 e. The van der Waals surface area contributed by atoms with Gasteiger partial charge in [0.25, 0.3) is 0 Å². The second kappa shape index (κ2) is 8.67. The standard InChI is InChI=1S/C22H23ClN6O/c1-16-17(2)29(15-26-16)21-13-20(24-14-25-21)27-9-11-28(12-10-27)22(30)8-5-18-3-6-19(23)7-4-18/h3-8,13-15H,9-12H2,1-2H3/b8-5+. The molecule has 4 rings (SSSR count). The number of carbonyl (C=O) groups is 1. The number of aryl methyl sites for hydroxylation is 1. The van der Waals surface area contributed by atoms with Crippen molar-refractivity contribution in [2.45, 2.75) is 13.8 Å². The molecule has 0 unspecified atom stereocenters. The Morgan fingerprint density at radius 3 is 2.37 bits per heavy atom. The molecule has 2 aromatic heterocycles. The van der Waals surface area contributed by atoms with Crippen LogP contribution in [-0.4, -0.2) is 56.5 Å². The van der Waals surface area contributed by atoms with Crippen LogP contribution in [-0.2, 0) is 4.79 Å². The number of rotatable bonds is 4. The molecule has 0 saturated carbocycles. The largest absolute Gasteiger partial charge is 0.353 e. The molecule has 0 atom stereocenters. The highest BCUT2D eigenvalue weighted by atomic mass is 35.5. The zero-order valence-corrected chi connectivity index (χ0v) is 17.8. The number of imidazole rings is 1. The van der Waals surface area contributed by atoms with Gasteiger partial charge >= 0.3 is 0 Å². The summed E-state index contributed by atoms with van der Waals surface area (Å²) in [5, 5.41) is 0.681. The van der Waals surface area contributed by atoms with E-state index in [9.17, 15) is 4.79 Å². The first-order chi connectivity index (χ1) is 14.5. The Hall–Kier alpha value is -3.19. The Morgan fingerprint density at radius 1 is 1.00 bits per heavy atom. The topological polar surface area (TPSA) is 67.2 Å². The van der Waals surface area contributed by atoms with Crippen LogP contribution in [0.2, 0.25) is 5.02 Å². The molecule has 1 fully saturated rings. The number of hydrogen-bond donors (Lipinski definition) is 0. The predicted molar refractivity (Wildman–Crippen MR) is 118 cm³/mol. The van der Waals surface area contributed by atoms with Crippen LogP contribution < -0.4 is 4.90 Å². The van der Waals surface area contributed by atoms with Crippen LogP contribution in [0.3, 0.4) is 0 Å². The Balaban J connectivity index is 1.38. The van der Waals surface area contributed by atoms with Gasteiger partial charge in [0.15, 0.2) is 0 Å². The van der Waals surface area contributed by atoms with Crippen LogP contribution in [0, 0.1) is 13.8 Å². The van der Waals surface area contributed by atoms with Crippen molar-refractivity contribution in [2.75, 3.05) is 31.1 Å². The van der Waals surface area contributed by atoms with Gasteiger partial charge in [0.2, 0.25) is 5.91 Å². The molecule has 8 heteroatoms. The first kappa shape index (κ1) is 20.1. The van der Waals surface area contributed by atoms with E-state index in [0.29, 0.717) is 18.1 Å². The summed E-state index contributed by atoms with van der Waals surface area (Å²) >= 11 is 5.90. The molecular formula is C22H23ClN6O. The monoisotopic (exact) mass is 422 g/mol. The number of amides is 1. The van der Waals surface area contributed by atoms with Crippen LogP contribution in [0.25, 0.3) is 11.9 Å². The Bertz CT molecular complexity index is 1070. The number of anilines is 1. The highest BCUT2D eigenvalue weighted by molar-refractivity contribution is 6.30. The predicted octanol–water partition coefficient (Wildman–Crippen LogP) is 3.29. The van der Waals surface area contributed by atoms with Crippen LogP contribution in [0.5, 0.6) is 0 Å². The van der Waals surface area contributed by atoms with Crippen molar-refractivity contribution in [1.82, 2.24) is 24.4 Å². The van der Waals surface area contributed by atoms with Crippen molar-refractivity contribution in [2.24, 2.45) is 0 Å². The minimum absolute atomic E-state index is 0.0116. The van der Waals surface area contributed by atoms with Gasteiger partial charge in [0, 0.05) is 49.0 Å². The lowest BCUT2D eigenvalue weighted by Gasteiger charge is -2.35. The fraction of sp³-hybridized carbons (Fsp3) is 0.273. The lowest BCUT2D eigenvalue weighted by atomic mass is 10.2. The molecule has 1 aliphatic rings. The Kier molecular flexibility index (Phi) is 5.81. The molecule has 1 saturated heterocycles. The van der Waals surface area contributed by atoms with Crippen LogP contribution in [0.4, 0.5) is 5.82 Å². The lowest BCUT2D eigenvalue weighted by molar-refractivity contribution is -0.126. The van der Waals surface area contributed by atoms with E-state index < -0.39 is 0 Å². The van der Waals surface area contributed by atoms with E-state index in [4.69, 9.17) is 11.6 Å². The molecule has 30 heavy (non-hydrogen) atoms. The summed E-state index contributed by atoms with van der Waals surface area (Å²) in [5.74, 6) is 1.66. The number of benzene rings is 1. The van der Waals surface area contributed by atoms with Crippen LogP contribution in [0.1, 0.15) is 17.0 Å². The zero-order chi connectivity index (χ0) is 21.1. The van der Waals surface area contributed by atoms with Gasteiger partial charge in [0.1, 0.15) is 24.3 Å². The second-order valence-corrected chi connectivity index (χ2v) is 7.65. The zero-order valence-electron chi connectivity index (χ0n) is 17.0. The fourth-order valence-electron chi connectivity index (χ4n) is 3.37. The molecule has 3 aromatic rings. The molecule has 0 N–H and O–H groups in total. The van der Waals surface area contributed by atoms with Crippen molar-refractivity contribution in [3.05, 3.63) is 71.0 Å². The smallest absolute Gasteiger partial charge is 0.246 e. The maximum atomic E-state index is 12.5. The summed E-state index contributed by atoms with van der Waals surface area (Å²) in [6.07, 6.45) is 6.79. The van der Waals surface area contributed by atoms with E-state index >= 15 is 0 Å². The summed E-state index contributed by atoms with van der Waals surface area (Å²) in [7, 11) is 0. The van der Waals surface area contributed by atoms with Gasteiger partial charge < -0.3 is 9.80 Å². The van der Waals surface area contributed by atoms with Crippen molar-refractivity contribution in [1.29, 1.82) is 0 Å². The van der Waals surface area contributed by atoms with E-state index in [1.807, 2.05) is 59.7 Å². The van der Waals surface area contributed by atoms with Crippen molar-refractivity contribution >= 4 is 29.4 Å². The fourth-order valence-corrected chi connectivity index (χ4v) is 3.50. The molecule has 154 valence electrons. The molecule has 0 aliphatic carbocycles. The Labute approximate surface area is 180 Å². The van der Waals surface area contributed by atoms with E-state index in [1.54, 1.807) is 18.7 Å². The molecule has 1 aromatic carbocycles. The normalized spacial score (nSPS) is 14.5. The van der Waals surface area contributed by atoms with Gasteiger partial charge in [-0.05, 0) is 37.6 Å². The molecule has 1 aliphatic heterocycles. The minimum atomic E-state index is 0.0116. The average molecular weight is 423 g/mol. The van der Waals surface area contributed by atoms with E-state index in [1.165, 1.54) is 0 Å². The van der Waals surface area contributed by atoms with E-state index in [0.717, 1.165) is 41.7 Å². The first-order valence-electron chi connectivity index (χ1n) is 9.82. The van der Waals surface area contributed by atoms with Crippen LogP contribution >= 0.6 is 11.6 Å². The van der Waals surface area contributed by atoms with Gasteiger partial charge in [-0.1, -0.05) is 23.7 Å². The van der Waals surface area contributed by atoms with E-state index in [-0.39, 0.29) is 5.91 Å². The molecule has 3 heterocycles. The molecule has 0 radical (unpaired) electrons. The summed E-state index contributed by atoms with van der Waals surface area (Å²) < 4.78 is 1.96. The lowest BCUT2D eigenvalue weighted by Crippen LogP contribution is -2.48. The molecule has 7 nitrogen and oxygen atoms in total. The average Bonchev–Trinajstić information content (AvgIpc) is 3.11. The third kappa shape index (κ3) is 4.36. The van der Waals surface area contributed by atoms with Gasteiger partial charge in [-0.25, -0.2) is 15.0 Å². The summed E-state index contributed by atoms with van der Waals surface area (Å²) in [4.78, 5) is 29.7. The SMILES string of the molecule is Cc1ncn(-c2cc(N3CCN(C(=O)/C=C/c4ccc(Cl)cc4)CC3)ncn2)c1C. The number of piperazine rings is 1. The number of hydrogen-bond acceptors (Lipinski definition) is 5. The van der Waals surface area contributed by atoms with Gasteiger partial charge in [-0.2, -0.15) is 0 Å². The van der Waals surface area contributed by atoms with E-state index in [2.05, 4.69) is 19.9 Å². The molecule has 1 amide bonds. The minimum Gasteiger partial charge on any atom is -0.353 e. The quantitative estimate of drug-likeness (QED) is 0.603. The number of aromatic nitrogens is 4. The number of halogens is 1. The number of carbonyl (C=O) groups excluding carboxylic acids is 1.